The maximum atomic E-state index is 11.8. The Balaban J connectivity index is 2.67. The summed E-state index contributed by atoms with van der Waals surface area (Å²) in [5.74, 6) is -0.248. The molecular weight excluding hydrogens is 230 g/mol. The maximum absolute atomic E-state index is 11.8. The zero-order valence-corrected chi connectivity index (χ0v) is 10.2. The molecule has 0 bridgehead atoms. The number of rotatable bonds is 5. The van der Waals surface area contributed by atoms with Gasteiger partial charge in [-0.05, 0) is 19.3 Å². The van der Waals surface area contributed by atoms with Gasteiger partial charge in [-0.15, -0.1) is 0 Å². The zero-order valence-electron chi connectivity index (χ0n) is 9.40. The van der Waals surface area contributed by atoms with Crippen molar-refractivity contribution in [2.45, 2.75) is 37.5 Å². The fourth-order valence-corrected chi connectivity index (χ4v) is 3.20. The number of nitrogens with one attached hydrogen (secondary N) is 2. The van der Waals surface area contributed by atoms with Gasteiger partial charge in [-0.3, -0.25) is 4.79 Å². The van der Waals surface area contributed by atoms with Crippen molar-refractivity contribution < 1.29 is 13.2 Å². The van der Waals surface area contributed by atoms with Crippen LogP contribution in [0.25, 0.3) is 0 Å². The Morgan fingerprint density at radius 3 is 2.81 bits per heavy atom. The fraction of sp³-hybridized carbons (Fsp3) is 0.889. The molecule has 0 spiro atoms. The third kappa shape index (κ3) is 3.16. The minimum absolute atomic E-state index is 0.0696. The lowest BCUT2D eigenvalue weighted by Crippen LogP contribution is -2.52. The highest BCUT2D eigenvalue weighted by molar-refractivity contribution is 7.90. The van der Waals surface area contributed by atoms with Crippen LogP contribution in [0.1, 0.15) is 26.2 Å². The average molecular weight is 249 g/mol. The molecule has 1 heterocycles. The summed E-state index contributed by atoms with van der Waals surface area (Å²) >= 11 is 0. The number of hydrogen-bond donors (Lipinski definition) is 3. The van der Waals surface area contributed by atoms with Crippen LogP contribution in [0.5, 0.6) is 0 Å². The zero-order chi connectivity index (χ0) is 12.2. The van der Waals surface area contributed by atoms with Crippen LogP contribution in [-0.4, -0.2) is 38.7 Å². The Hall–Kier alpha value is -0.660. The van der Waals surface area contributed by atoms with Gasteiger partial charge in [-0.25, -0.2) is 13.1 Å². The number of carbonyl (C=O) groups excluding carboxylic acids is 1. The van der Waals surface area contributed by atoms with E-state index in [0.29, 0.717) is 19.4 Å². The number of carbonyl (C=O) groups is 1. The van der Waals surface area contributed by atoms with Crippen LogP contribution in [0, 0.1) is 0 Å². The van der Waals surface area contributed by atoms with Crippen molar-refractivity contribution in [3.63, 3.8) is 0 Å². The van der Waals surface area contributed by atoms with Crippen LogP contribution < -0.4 is 15.8 Å². The van der Waals surface area contributed by atoms with Gasteiger partial charge in [0.05, 0.1) is 5.25 Å². The van der Waals surface area contributed by atoms with E-state index in [-0.39, 0.29) is 12.5 Å². The molecule has 1 aliphatic rings. The second-order valence-electron chi connectivity index (χ2n) is 3.91. The van der Waals surface area contributed by atoms with E-state index in [2.05, 4.69) is 10.0 Å². The summed E-state index contributed by atoms with van der Waals surface area (Å²) in [4.78, 5) is 11.4. The molecule has 0 aliphatic carbocycles. The van der Waals surface area contributed by atoms with Crippen LogP contribution in [-0.2, 0) is 14.8 Å². The Morgan fingerprint density at radius 2 is 2.31 bits per heavy atom. The molecule has 94 valence electrons. The minimum Gasteiger partial charge on any atom is -0.355 e. The normalized spacial score (nSPS) is 23.9. The molecule has 1 aliphatic heterocycles. The molecule has 1 rings (SSSR count). The SMILES string of the molecule is CCC(CN)S(=O)(=O)NC1CCCNC1=O. The molecule has 2 atom stereocenters. The van der Waals surface area contributed by atoms with E-state index in [1.165, 1.54) is 0 Å². The van der Waals surface area contributed by atoms with Crippen molar-refractivity contribution >= 4 is 15.9 Å². The van der Waals surface area contributed by atoms with Crippen molar-refractivity contribution in [2.75, 3.05) is 13.1 Å². The van der Waals surface area contributed by atoms with E-state index < -0.39 is 21.3 Å². The largest absolute Gasteiger partial charge is 0.355 e. The van der Waals surface area contributed by atoms with Gasteiger partial charge < -0.3 is 11.1 Å². The standard InChI is InChI=1S/C9H19N3O3S/c1-2-7(6-10)16(14,15)12-8-4-3-5-11-9(8)13/h7-8,12H,2-6,10H2,1H3,(H,11,13). The number of sulfonamides is 1. The lowest BCUT2D eigenvalue weighted by Gasteiger charge is -2.24. The summed E-state index contributed by atoms with van der Waals surface area (Å²) in [6.45, 7) is 2.45. The molecule has 16 heavy (non-hydrogen) atoms. The highest BCUT2D eigenvalue weighted by atomic mass is 32.2. The highest BCUT2D eigenvalue weighted by Crippen LogP contribution is 2.08. The van der Waals surface area contributed by atoms with E-state index in [9.17, 15) is 13.2 Å². The predicted molar refractivity (Wildman–Crippen MR) is 61.2 cm³/mol. The number of amides is 1. The van der Waals surface area contributed by atoms with Crippen LogP contribution >= 0.6 is 0 Å². The Kier molecular flexibility index (Phi) is 4.69. The van der Waals surface area contributed by atoms with Crippen molar-refractivity contribution in [3.8, 4) is 0 Å². The number of piperidine rings is 1. The third-order valence-electron chi connectivity index (χ3n) is 2.75. The molecule has 0 aromatic heterocycles. The highest BCUT2D eigenvalue weighted by Gasteiger charge is 2.30. The maximum Gasteiger partial charge on any atom is 0.238 e. The van der Waals surface area contributed by atoms with Crippen LogP contribution in [0.4, 0.5) is 0 Å². The molecule has 7 heteroatoms. The molecule has 0 saturated carbocycles. The molecule has 1 amide bonds. The van der Waals surface area contributed by atoms with Gasteiger partial charge >= 0.3 is 0 Å². The molecule has 0 radical (unpaired) electrons. The van der Waals surface area contributed by atoms with Crippen molar-refractivity contribution in [2.24, 2.45) is 5.73 Å². The summed E-state index contributed by atoms with van der Waals surface area (Å²) < 4.78 is 26.1. The number of hydrogen-bond acceptors (Lipinski definition) is 4. The van der Waals surface area contributed by atoms with E-state index in [4.69, 9.17) is 5.73 Å². The van der Waals surface area contributed by atoms with Crippen LogP contribution in [0.15, 0.2) is 0 Å². The van der Waals surface area contributed by atoms with Gasteiger partial charge in [-0.1, -0.05) is 6.92 Å². The quantitative estimate of drug-likeness (QED) is 0.577. The fourth-order valence-electron chi connectivity index (χ4n) is 1.69. The van der Waals surface area contributed by atoms with Gasteiger partial charge in [0.25, 0.3) is 0 Å². The molecule has 0 aromatic carbocycles. The van der Waals surface area contributed by atoms with E-state index in [1.807, 2.05) is 0 Å². The molecule has 0 aromatic rings. The van der Waals surface area contributed by atoms with Gasteiger partial charge in [0.2, 0.25) is 15.9 Å². The molecule has 1 saturated heterocycles. The van der Waals surface area contributed by atoms with E-state index >= 15 is 0 Å². The summed E-state index contributed by atoms with van der Waals surface area (Å²) in [5, 5.41) is 2.01. The average Bonchev–Trinajstić information content (AvgIpc) is 2.22. The van der Waals surface area contributed by atoms with Crippen LogP contribution in [0.3, 0.4) is 0 Å². The van der Waals surface area contributed by atoms with Gasteiger partial charge in [0.1, 0.15) is 6.04 Å². The molecular formula is C9H19N3O3S. The Labute approximate surface area is 96.0 Å². The van der Waals surface area contributed by atoms with Gasteiger partial charge in [-0.2, -0.15) is 0 Å². The Morgan fingerprint density at radius 1 is 1.62 bits per heavy atom. The second-order valence-corrected chi connectivity index (χ2v) is 5.91. The summed E-state index contributed by atoms with van der Waals surface area (Å²) in [7, 11) is -3.49. The first kappa shape index (κ1) is 13.4. The molecule has 2 unspecified atom stereocenters. The first-order valence-electron chi connectivity index (χ1n) is 5.50. The molecule has 6 nitrogen and oxygen atoms in total. The monoisotopic (exact) mass is 249 g/mol. The lowest BCUT2D eigenvalue weighted by atomic mass is 10.1. The molecule has 1 fully saturated rings. The summed E-state index contributed by atoms with van der Waals surface area (Å²) in [5.41, 5.74) is 5.39. The van der Waals surface area contributed by atoms with Crippen molar-refractivity contribution in [3.05, 3.63) is 0 Å². The second kappa shape index (κ2) is 5.60. The third-order valence-corrected chi connectivity index (χ3v) is 4.77. The molecule has 4 N–H and O–H groups in total. The smallest absolute Gasteiger partial charge is 0.238 e. The summed E-state index contributed by atoms with van der Waals surface area (Å²) in [6.07, 6.45) is 1.78. The first-order valence-corrected chi connectivity index (χ1v) is 7.04. The van der Waals surface area contributed by atoms with E-state index in [0.717, 1.165) is 6.42 Å². The summed E-state index contributed by atoms with van der Waals surface area (Å²) in [6, 6.07) is -0.639. The number of nitrogens with two attached hydrogens (primary N) is 1. The van der Waals surface area contributed by atoms with Gasteiger partial charge in [0.15, 0.2) is 0 Å². The Bertz CT molecular complexity index is 338. The van der Waals surface area contributed by atoms with Crippen molar-refractivity contribution in [1.82, 2.24) is 10.0 Å². The first-order chi connectivity index (χ1) is 7.51. The van der Waals surface area contributed by atoms with Crippen LogP contribution in [0.2, 0.25) is 0 Å². The van der Waals surface area contributed by atoms with E-state index in [1.54, 1.807) is 6.92 Å². The topological polar surface area (TPSA) is 101 Å². The minimum atomic E-state index is -3.49. The van der Waals surface area contributed by atoms with Gasteiger partial charge in [0, 0.05) is 13.1 Å². The lowest BCUT2D eigenvalue weighted by molar-refractivity contribution is -0.124. The van der Waals surface area contributed by atoms with Crippen molar-refractivity contribution in [1.29, 1.82) is 0 Å². The predicted octanol–water partition coefficient (Wildman–Crippen LogP) is -1.08.